The van der Waals surface area contributed by atoms with Crippen molar-refractivity contribution >= 4 is 0 Å². The molecule has 0 aliphatic rings. The lowest BCUT2D eigenvalue weighted by Crippen LogP contribution is -2.29. The molecule has 0 fully saturated rings. The number of hydrogen-bond acceptors (Lipinski definition) is 3. The second kappa shape index (κ2) is 5.82. The number of hydrogen-bond donors (Lipinski definition) is 2. The first-order valence-electron chi connectivity index (χ1n) is 6.02. The number of nitrogens with two attached hydrogens (primary N) is 1. The van der Waals surface area contributed by atoms with Gasteiger partial charge in [0.25, 0.3) is 0 Å². The number of rotatable bonds is 4. The van der Waals surface area contributed by atoms with Crippen LogP contribution in [0.25, 0.3) is 0 Å². The molecule has 0 amide bonds. The number of nitrogens with one attached hydrogen (secondary N) is 1. The number of hydrazine groups is 1. The van der Waals surface area contributed by atoms with Gasteiger partial charge in [0.05, 0.1) is 13.2 Å². The first kappa shape index (κ1) is 13.5. The topological polar surface area (TPSA) is 47.3 Å². The Morgan fingerprint density at radius 1 is 1.21 bits per heavy atom. The molecule has 0 aliphatic heterocycles. The number of halogens is 1. The molecule has 0 radical (unpaired) electrons. The van der Waals surface area contributed by atoms with Gasteiger partial charge < -0.3 is 4.74 Å². The Hall–Kier alpha value is -1.91. The van der Waals surface area contributed by atoms with Crippen molar-refractivity contribution in [3.8, 4) is 5.75 Å². The first-order chi connectivity index (χ1) is 9.15. The lowest BCUT2D eigenvalue weighted by Gasteiger charge is -2.18. The van der Waals surface area contributed by atoms with Crippen LogP contribution in [0.1, 0.15) is 22.7 Å². The van der Waals surface area contributed by atoms with Crippen LogP contribution < -0.4 is 16.0 Å². The highest BCUT2D eigenvalue weighted by molar-refractivity contribution is 5.38. The first-order valence-corrected chi connectivity index (χ1v) is 6.02. The van der Waals surface area contributed by atoms with E-state index in [-0.39, 0.29) is 5.82 Å². The maximum absolute atomic E-state index is 14.0. The minimum atomic E-state index is -0.407. The molecule has 0 aliphatic carbocycles. The number of ether oxygens (including phenoxy) is 1. The van der Waals surface area contributed by atoms with Gasteiger partial charge in [-0.1, -0.05) is 24.3 Å². The molecule has 2 rings (SSSR count). The summed E-state index contributed by atoms with van der Waals surface area (Å²) in [4.78, 5) is 0. The highest BCUT2D eigenvalue weighted by Gasteiger charge is 2.17. The number of benzene rings is 2. The van der Waals surface area contributed by atoms with Crippen molar-refractivity contribution < 1.29 is 9.13 Å². The maximum atomic E-state index is 14.0. The van der Waals surface area contributed by atoms with E-state index in [9.17, 15) is 4.39 Å². The normalized spacial score (nSPS) is 12.2. The van der Waals surface area contributed by atoms with Crippen LogP contribution in [0.4, 0.5) is 4.39 Å². The third kappa shape index (κ3) is 2.92. The number of methoxy groups -OCH3 is 1. The summed E-state index contributed by atoms with van der Waals surface area (Å²) in [7, 11) is 1.59. The summed E-state index contributed by atoms with van der Waals surface area (Å²) in [5.41, 5.74) is 4.89. The molecule has 1 unspecified atom stereocenters. The average Bonchev–Trinajstić information content (AvgIpc) is 2.42. The largest absolute Gasteiger partial charge is 0.497 e. The molecule has 2 aromatic carbocycles. The third-order valence-electron chi connectivity index (χ3n) is 3.06. The predicted molar refractivity (Wildman–Crippen MR) is 73.3 cm³/mol. The molecule has 0 heterocycles. The van der Waals surface area contributed by atoms with E-state index in [1.807, 2.05) is 37.3 Å². The van der Waals surface area contributed by atoms with Crippen LogP contribution in [0.2, 0.25) is 0 Å². The Balaban J connectivity index is 2.43. The summed E-state index contributed by atoms with van der Waals surface area (Å²) in [6.45, 7) is 1.85. The highest BCUT2D eigenvalue weighted by Crippen LogP contribution is 2.26. The van der Waals surface area contributed by atoms with Gasteiger partial charge in [-0.25, -0.2) is 9.82 Å². The fraction of sp³-hybridized carbons (Fsp3) is 0.200. The van der Waals surface area contributed by atoms with Gasteiger partial charge in [0.15, 0.2) is 0 Å². The SMILES string of the molecule is COc1cccc(C(NN)c2ccc(C)cc2F)c1. The molecule has 100 valence electrons. The predicted octanol–water partition coefficient (Wildman–Crippen LogP) is 2.70. The molecule has 4 heteroatoms. The van der Waals surface area contributed by atoms with Gasteiger partial charge in [0.2, 0.25) is 0 Å². The molecular weight excluding hydrogens is 243 g/mol. The Bertz CT molecular complexity index is 572. The quantitative estimate of drug-likeness (QED) is 0.656. The molecule has 19 heavy (non-hydrogen) atoms. The van der Waals surface area contributed by atoms with Crippen LogP contribution in [-0.4, -0.2) is 7.11 Å². The van der Waals surface area contributed by atoms with E-state index in [4.69, 9.17) is 10.6 Å². The van der Waals surface area contributed by atoms with E-state index in [0.717, 1.165) is 11.1 Å². The minimum absolute atomic E-state index is 0.272. The van der Waals surface area contributed by atoms with Crippen molar-refractivity contribution in [1.82, 2.24) is 5.43 Å². The molecule has 0 saturated carbocycles. The molecular formula is C15H17FN2O. The maximum Gasteiger partial charge on any atom is 0.128 e. The van der Waals surface area contributed by atoms with Gasteiger partial charge in [0, 0.05) is 5.56 Å². The zero-order valence-corrected chi connectivity index (χ0v) is 11.0. The van der Waals surface area contributed by atoms with Crippen molar-refractivity contribution in [3.63, 3.8) is 0 Å². The fourth-order valence-corrected chi connectivity index (χ4v) is 2.05. The van der Waals surface area contributed by atoms with E-state index < -0.39 is 6.04 Å². The molecule has 0 saturated heterocycles. The van der Waals surface area contributed by atoms with Crippen LogP contribution in [-0.2, 0) is 0 Å². The Kier molecular flexibility index (Phi) is 4.14. The van der Waals surface area contributed by atoms with E-state index in [1.165, 1.54) is 6.07 Å². The minimum Gasteiger partial charge on any atom is -0.497 e. The highest BCUT2D eigenvalue weighted by atomic mass is 19.1. The lowest BCUT2D eigenvalue weighted by molar-refractivity contribution is 0.413. The fourth-order valence-electron chi connectivity index (χ4n) is 2.05. The van der Waals surface area contributed by atoms with E-state index >= 15 is 0 Å². The third-order valence-corrected chi connectivity index (χ3v) is 3.06. The average molecular weight is 260 g/mol. The monoisotopic (exact) mass is 260 g/mol. The van der Waals surface area contributed by atoms with Gasteiger partial charge in [-0.05, 0) is 36.2 Å². The Labute approximate surface area is 112 Å². The molecule has 0 bridgehead atoms. The molecule has 0 aromatic heterocycles. The van der Waals surface area contributed by atoms with E-state index in [2.05, 4.69) is 5.43 Å². The van der Waals surface area contributed by atoms with Crippen LogP contribution in [0.5, 0.6) is 5.75 Å². The summed E-state index contributed by atoms with van der Waals surface area (Å²) in [6, 6.07) is 12.1. The van der Waals surface area contributed by atoms with Crippen molar-refractivity contribution in [3.05, 3.63) is 65.0 Å². The summed E-state index contributed by atoms with van der Waals surface area (Å²) in [5.74, 6) is 6.02. The van der Waals surface area contributed by atoms with Crippen LogP contribution in [0.3, 0.4) is 0 Å². The number of aryl methyl sites for hydroxylation is 1. The smallest absolute Gasteiger partial charge is 0.128 e. The van der Waals surface area contributed by atoms with Crippen molar-refractivity contribution in [2.24, 2.45) is 5.84 Å². The summed E-state index contributed by atoms with van der Waals surface area (Å²) in [5, 5.41) is 0. The second-order valence-corrected chi connectivity index (χ2v) is 4.40. The Morgan fingerprint density at radius 2 is 2.00 bits per heavy atom. The van der Waals surface area contributed by atoms with Crippen LogP contribution in [0.15, 0.2) is 42.5 Å². The van der Waals surface area contributed by atoms with Gasteiger partial charge in [0.1, 0.15) is 11.6 Å². The Morgan fingerprint density at radius 3 is 2.63 bits per heavy atom. The summed E-state index contributed by atoms with van der Waals surface area (Å²) < 4.78 is 19.2. The van der Waals surface area contributed by atoms with Crippen molar-refractivity contribution in [2.75, 3.05) is 7.11 Å². The summed E-state index contributed by atoms with van der Waals surface area (Å²) in [6.07, 6.45) is 0. The molecule has 3 N–H and O–H groups in total. The van der Waals surface area contributed by atoms with Gasteiger partial charge in [-0.3, -0.25) is 5.84 Å². The second-order valence-electron chi connectivity index (χ2n) is 4.40. The lowest BCUT2D eigenvalue weighted by atomic mass is 9.97. The summed E-state index contributed by atoms with van der Waals surface area (Å²) >= 11 is 0. The van der Waals surface area contributed by atoms with E-state index in [0.29, 0.717) is 11.3 Å². The molecule has 2 aromatic rings. The molecule has 0 spiro atoms. The standard InChI is InChI=1S/C15H17FN2O/c1-10-6-7-13(14(16)8-10)15(18-17)11-4-3-5-12(9-11)19-2/h3-9,15,18H,17H2,1-2H3. The zero-order chi connectivity index (χ0) is 13.8. The van der Waals surface area contributed by atoms with Gasteiger partial charge >= 0.3 is 0 Å². The van der Waals surface area contributed by atoms with Crippen LogP contribution >= 0.6 is 0 Å². The van der Waals surface area contributed by atoms with Gasteiger partial charge in [-0.2, -0.15) is 0 Å². The van der Waals surface area contributed by atoms with Crippen molar-refractivity contribution in [1.29, 1.82) is 0 Å². The molecule has 1 atom stereocenters. The zero-order valence-electron chi connectivity index (χ0n) is 11.0. The van der Waals surface area contributed by atoms with E-state index in [1.54, 1.807) is 13.2 Å². The van der Waals surface area contributed by atoms with Gasteiger partial charge in [-0.15, -0.1) is 0 Å². The molecule has 3 nitrogen and oxygen atoms in total. The van der Waals surface area contributed by atoms with Crippen molar-refractivity contribution in [2.45, 2.75) is 13.0 Å². The van der Waals surface area contributed by atoms with Crippen LogP contribution in [0, 0.1) is 12.7 Å².